The zero-order chi connectivity index (χ0) is 6.43. The van der Waals surface area contributed by atoms with Crippen molar-refractivity contribution in [2.24, 2.45) is 17.8 Å². The molecule has 0 spiro atoms. The fourth-order valence-corrected chi connectivity index (χ4v) is 2.43. The molecule has 2 aliphatic rings. The Balaban J connectivity index is 2.02. The van der Waals surface area contributed by atoms with E-state index in [4.69, 9.17) is 0 Å². The zero-order valence-electron chi connectivity index (χ0n) is 5.88. The molecule has 0 heterocycles. The number of aliphatic hydroxyl groups is 1. The lowest BCUT2D eigenvalue weighted by atomic mass is 9.98. The van der Waals surface area contributed by atoms with Crippen LogP contribution in [0.25, 0.3) is 0 Å². The first-order valence-electron chi connectivity index (χ1n) is 3.99. The Morgan fingerprint density at radius 2 is 2.11 bits per heavy atom. The molecule has 2 fully saturated rings. The first-order chi connectivity index (χ1) is 4.30. The third-order valence-electron chi connectivity index (χ3n) is 3.12. The number of hydrogen-bond acceptors (Lipinski definition) is 1. The van der Waals surface area contributed by atoms with E-state index >= 15 is 0 Å². The molecule has 52 valence electrons. The van der Waals surface area contributed by atoms with E-state index in [-0.39, 0.29) is 6.10 Å². The highest BCUT2D eigenvalue weighted by molar-refractivity contribution is 5.00. The van der Waals surface area contributed by atoms with Crippen LogP contribution in [0.5, 0.6) is 0 Å². The molecule has 0 aliphatic heterocycles. The summed E-state index contributed by atoms with van der Waals surface area (Å²) in [5.74, 6) is 2.43. The van der Waals surface area contributed by atoms with Gasteiger partial charge in [0.15, 0.2) is 0 Å². The molecule has 0 saturated heterocycles. The highest BCUT2D eigenvalue weighted by Gasteiger charge is 2.51. The van der Waals surface area contributed by atoms with Crippen LogP contribution in [-0.2, 0) is 0 Å². The summed E-state index contributed by atoms with van der Waals surface area (Å²) in [5.41, 5.74) is 0. The minimum absolute atomic E-state index is 0.0544. The second-order valence-corrected chi connectivity index (χ2v) is 3.60. The van der Waals surface area contributed by atoms with E-state index in [1.54, 1.807) is 0 Å². The lowest BCUT2D eigenvalue weighted by Crippen LogP contribution is -2.14. The molecule has 4 atom stereocenters. The molecule has 0 aromatic rings. The molecule has 1 nitrogen and oxygen atoms in total. The predicted octanol–water partition coefficient (Wildman–Crippen LogP) is 1.41. The average molecular weight is 126 g/mol. The second-order valence-electron chi connectivity index (χ2n) is 3.60. The van der Waals surface area contributed by atoms with E-state index in [1.165, 1.54) is 12.8 Å². The van der Waals surface area contributed by atoms with Gasteiger partial charge in [0.25, 0.3) is 0 Å². The number of aliphatic hydroxyl groups excluding tert-OH is 1. The Bertz CT molecular complexity index is 116. The van der Waals surface area contributed by atoms with E-state index in [0.29, 0.717) is 5.92 Å². The third kappa shape index (κ3) is 0.710. The molecule has 1 N–H and O–H groups in total. The number of rotatable bonds is 0. The van der Waals surface area contributed by atoms with Gasteiger partial charge in [-0.3, -0.25) is 0 Å². The molecule has 0 aromatic carbocycles. The van der Waals surface area contributed by atoms with Gasteiger partial charge in [-0.1, -0.05) is 13.3 Å². The Kier molecular flexibility index (Phi) is 1.10. The van der Waals surface area contributed by atoms with E-state index in [2.05, 4.69) is 6.92 Å². The predicted molar refractivity (Wildman–Crippen MR) is 36.0 cm³/mol. The lowest BCUT2D eigenvalue weighted by Gasteiger charge is -2.14. The summed E-state index contributed by atoms with van der Waals surface area (Å²) < 4.78 is 0. The number of hydrogen-bond donors (Lipinski definition) is 1. The normalized spacial score (nSPS) is 56.7. The summed E-state index contributed by atoms with van der Waals surface area (Å²) in [5, 5.41) is 9.39. The van der Waals surface area contributed by atoms with Crippen molar-refractivity contribution >= 4 is 0 Å². The largest absolute Gasteiger partial charge is 0.393 e. The van der Waals surface area contributed by atoms with Crippen molar-refractivity contribution in [2.45, 2.75) is 32.3 Å². The standard InChI is InChI=1S/C8H14O/c1-5-6-3-2-4-7(9)8(5)6/h5-9H,2-4H2,1H3. The van der Waals surface area contributed by atoms with Crippen LogP contribution in [0.2, 0.25) is 0 Å². The third-order valence-corrected chi connectivity index (χ3v) is 3.12. The van der Waals surface area contributed by atoms with Crippen molar-refractivity contribution in [3.8, 4) is 0 Å². The van der Waals surface area contributed by atoms with E-state index < -0.39 is 0 Å². The first kappa shape index (κ1) is 5.72. The van der Waals surface area contributed by atoms with Crippen molar-refractivity contribution in [2.75, 3.05) is 0 Å². The molecule has 9 heavy (non-hydrogen) atoms. The van der Waals surface area contributed by atoms with Gasteiger partial charge in [0.05, 0.1) is 6.10 Å². The molecule has 2 saturated carbocycles. The maximum atomic E-state index is 9.39. The van der Waals surface area contributed by atoms with Crippen molar-refractivity contribution in [3.05, 3.63) is 0 Å². The lowest BCUT2D eigenvalue weighted by molar-refractivity contribution is 0.113. The van der Waals surface area contributed by atoms with Gasteiger partial charge in [-0.15, -0.1) is 0 Å². The van der Waals surface area contributed by atoms with Crippen LogP contribution in [0.1, 0.15) is 26.2 Å². The monoisotopic (exact) mass is 126 g/mol. The fraction of sp³-hybridized carbons (Fsp3) is 1.00. The van der Waals surface area contributed by atoms with Gasteiger partial charge < -0.3 is 5.11 Å². The van der Waals surface area contributed by atoms with Gasteiger partial charge in [-0.2, -0.15) is 0 Å². The van der Waals surface area contributed by atoms with Gasteiger partial charge in [0, 0.05) is 0 Å². The SMILES string of the molecule is CC1C2CCCC(O)C12. The minimum Gasteiger partial charge on any atom is -0.393 e. The van der Waals surface area contributed by atoms with Crippen LogP contribution < -0.4 is 0 Å². The van der Waals surface area contributed by atoms with Crippen molar-refractivity contribution in [1.29, 1.82) is 0 Å². The maximum Gasteiger partial charge on any atom is 0.0573 e. The maximum absolute atomic E-state index is 9.39. The van der Waals surface area contributed by atoms with Crippen LogP contribution >= 0.6 is 0 Å². The quantitative estimate of drug-likeness (QED) is 0.520. The number of fused-ring (bicyclic) bond motifs is 1. The van der Waals surface area contributed by atoms with Crippen molar-refractivity contribution in [1.82, 2.24) is 0 Å². The first-order valence-corrected chi connectivity index (χ1v) is 3.99. The van der Waals surface area contributed by atoms with Crippen LogP contribution in [0.15, 0.2) is 0 Å². The molecule has 0 aromatic heterocycles. The molecule has 2 aliphatic carbocycles. The van der Waals surface area contributed by atoms with Crippen LogP contribution in [-0.4, -0.2) is 11.2 Å². The fourth-order valence-electron chi connectivity index (χ4n) is 2.43. The van der Waals surface area contributed by atoms with Crippen molar-refractivity contribution < 1.29 is 5.11 Å². The van der Waals surface area contributed by atoms with Gasteiger partial charge >= 0.3 is 0 Å². The Hall–Kier alpha value is -0.0400. The van der Waals surface area contributed by atoms with E-state index in [0.717, 1.165) is 18.3 Å². The molecule has 1 heteroatoms. The molecular weight excluding hydrogens is 112 g/mol. The second kappa shape index (κ2) is 1.72. The van der Waals surface area contributed by atoms with Crippen LogP contribution in [0.3, 0.4) is 0 Å². The molecule has 4 unspecified atom stereocenters. The van der Waals surface area contributed by atoms with E-state index in [9.17, 15) is 5.11 Å². The molecule has 0 radical (unpaired) electrons. The minimum atomic E-state index is 0.0544. The highest BCUT2D eigenvalue weighted by atomic mass is 16.3. The topological polar surface area (TPSA) is 20.2 Å². The van der Waals surface area contributed by atoms with Gasteiger partial charge in [0.2, 0.25) is 0 Å². The van der Waals surface area contributed by atoms with Gasteiger partial charge in [-0.25, -0.2) is 0 Å². The smallest absolute Gasteiger partial charge is 0.0573 e. The van der Waals surface area contributed by atoms with Crippen LogP contribution in [0, 0.1) is 17.8 Å². The summed E-state index contributed by atoms with van der Waals surface area (Å²) in [6.45, 7) is 2.27. The molecular formula is C8H14O. The Morgan fingerprint density at radius 1 is 1.33 bits per heavy atom. The molecule has 0 amide bonds. The molecule has 0 bridgehead atoms. The Morgan fingerprint density at radius 3 is 2.67 bits per heavy atom. The highest BCUT2D eigenvalue weighted by Crippen LogP contribution is 2.54. The summed E-state index contributed by atoms with van der Waals surface area (Å²) in [6.07, 6.45) is 3.75. The summed E-state index contributed by atoms with van der Waals surface area (Å²) >= 11 is 0. The summed E-state index contributed by atoms with van der Waals surface area (Å²) in [7, 11) is 0. The van der Waals surface area contributed by atoms with E-state index in [1.807, 2.05) is 0 Å². The average Bonchev–Trinajstić information content (AvgIpc) is 2.45. The van der Waals surface area contributed by atoms with Crippen molar-refractivity contribution in [3.63, 3.8) is 0 Å². The van der Waals surface area contributed by atoms with Crippen LogP contribution in [0.4, 0.5) is 0 Å². The van der Waals surface area contributed by atoms with Gasteiger partial charge in [-0.05, 0) is 30.6 Å². The Labute approximate surface area is 56.1 Å². The molecule has 2 rings (SSSR count). The van der Waals surface area contributed by atoms with Gasteiger partial charge in [0.1, 0.15) is 0 Å². The summed E-state index contributed by atoms with van der Waals surface area (Å²) in [6, 6.07) is 0. The summed E-state index contributed by atoms with van der Waals surface area (Å²) in [4.78, 5) is 0. The zero-order valence-corrected chi connectivity index (χ0v) is 5.88.